The van der Waals surface area contributed by atoms with Crippen molar-refractivity contribution in [2.75, 3.05) is 31.6 Å². The van der Waals surface area contributed by atoms with E-state index in [1.807, 2.05) is 41.3 Å². The number of benzene rings is 2. The van der Waals surface area contributed by atoms with E-state index >= 15 is 0 Å². The van der Waals surface area contributed by atoms with Crippen LogP contribution in [0.15, 0.2) is 65.8 Å². The van der Waals surface area contributed by atoms with Crippen molar-refractivity contribution < 1.29 is 4.79 Å². The fourth-order valence-electron chi connectivity index (χ4n) is 3.92. The SMILES string of the molecule is CCCN(C)c1cc(-c2ccccc2)nc(SCc2cccc(C(=O)N3CCCC3)c2)n1. The molecule has 1 aliphatic heterocycles. The number of nitrogens with zero attached hydrogens (tertiary/aromatic N) is 4. The zero-order valence-corrected chi connectivity index (χ0v) is 19.6. The number of hydrogen-bond acceptors (Lipinski definition) is 5. The highest BCUT2D eigenvalue weighted by atomic mass is 32.2. The number of rotatable bonds is 8. The molecule has 0 radical (unpaired) electrons. The van der Waals surface area contributed by atoms with Gasteiger partial charge in [0.1, 0.15) is 5.82 Å². The largest absolute Gasteiger partial charge is 0.360 e. The van der Waals surface area contributed by atoms with Crippen LogP contribution in [0, 0.1) is 0 Å². The summed E-state index contributed by atoms with van der Waals surface area (Å²) in [7, 11) is 2.07. The van der Waals surface area contributed by atoms with Crippen molar-refractivity contribution in [1.29, 1.82) is 0 Å². The van der Waals surface area contributed by atoms with Crippen LogP contribution in [-0.2, 0) is 5.75 Å². The van der Waals surface area contributed by atoms with Crippen molar-refractivity contribution in [2.45, 2.75) is 37.1 Å². The number of carbonyl (C=O) groups excluding carboxylic acids is 1. The van der Waals surface area contributed by atoms with Crippen LogP contribution in [0.5, 0.6) is 0 Å². The number of anilines is 1. The summed E-state index contributed by atoms with van der Waals surface area (Å²) in [5, 5.41) is 0.751. The molecule has 1 aliphatic rings. The molecule has 0 atom stereocenters. The molecule has 1 fully saturated rings. The summed E-state index contributed by atoms with van der Waals surface area (Å²) in [5.74, 6) is 1.79. The number of likely N-dealkylation sites (tertiary alicyclic amines) is 1. The minimum atomic E-state index is 0.139. The summed E-state index contributed by atoms with van der Waals surface area (Å²) in [4.78, 5) is 26.5. The van der Waals surface area contributed by atoms with Gasteiger partial charge in [0.15, 0.2) is 5.16 Å². The molecule has 1 amide bonds. The minimum absolute atomic E-state index is 0.139. The molecule has 0 aliphatic carbocycles. The lowest BCUT2D eigenvalue weighted by atomic mass is 10.1. The Morgan fingerprint density at radius 3 is 2.56 bits per heavy atom. The Bertz CT molecular complexity index is 1050. The lowest BCUT2D eigenvalue weighted by Crippen LogP contribution is -2.27. The Labute approximate surface area is 194 Å². The number of aromatic nitrogens is 2. The van der Waals surface area contributed by atoms with E-state index < -0.39 is 0 Å². The first-order chi connectivity index (χ1) is 15.6. The molecular formula is C26H30N4OS. The maximum atomic E-state index is 12.7. The van der Waals surface area contributed by atoms with Gasteiger partial charge in [0.2, 0.25) is 0 Å². The molecule has 2 heterocycles. The molecule has 3 aromatic rings. The Morgan fingerprint density at radius 1 is 1.03 bits per heavy atom. The zero-order valence-electron chi connectivity index (χ0n) is 18.8. The first-order valence-corrected chi connectivity index (χ1v) is 12.3. The van der Waals surface area contributed by atoms with Crippen molar-refractivity contribution >= 4 is 23.5 Å². The summed E-state index contributed by atoms with van der Waals surface area (Å²) in [5.41, 5.74) is 3.89. The summed E-state index contributed by atoms with van der Waals surface area (Å²) >= 11 is 1.61. The standard InChI is InChI=1S/C26H30N4OS/c1-3-14-29(2)24-18-23(21-11-5-4-6-12-21)27-26(28-24)32-19-20-10-9-13-22(17-20)25(31)30-15-7-8-16-30/h4-6,9-13,17-18H,3,7-8,14-16,19H2,1-2H3. The van der Waals surface area contributed by atoms with Crippen molar-refractivity contribution in [3.63, 3.8) is 0 Å². The maximum absolute atomic E-state index is 12.7. The number of thioether (sulfide) groups is 1. The smallest absolute Gasteiger partial charge is 0.253 e. The topological polar surface area (TPSA) is 49.3 Å². The quantitative estimate of drug-likeness (QED) is 0.337. The summed E-state index contributed by atoms with van der Waals surface area (Å²) in [6.07, 6.45) is 3.26. The van der Waals surface area contributed by atoms with E-state index in [1.165, 1.54) is 0 Å². The summed E-state index contributed by atoms with van der Waals surface area (Å²) in [6, 6.07) is 20.3. The molecule has 1 saturated heterocycles. The van der Waals surface area contributed by atoms with Crippen molar-refractivity contribution in [3.8, 4) is 11.3 Å². The van der Waals surface area contributed by atoms with Crippen LogP contribution in [0.4, 0.5) is 5.82 Å². The van der Waals surface area contributed by atoms with E-state index in [0.29, 0.717) is 0 Å². The number of hydrogen-bond donors (Lipinski definition) is 0. The highest BCUT2D eigenvalue weighted by Crippen LogP contribution is 2.27. The Morgan fingerprint density at radius 2 is 1.81 bits per heavy atom. The first kappa shape index (κ1) is 22.3. The van der Waals surface area contributed by atoms with E-state index in [9.17, 15) is 4.79 Å². The lowest BCUT2D eigenvalue weighted by molar-refractivity contribution is 0.0792. The zero-order chi connectivity index (χ0) is 22.3. The van der Waals surface area contributed by atoms with Gasteiger partial charge in [-0.1, -0.05) is 61.2 Å². The molecule has 0 bridgehead atoms. The highest BCUT2D eigenvalue weighted by molar-refractivity contribution is 7.98. The second-order valence-corrected chi connectivity index (χ2v) is 9.11. The fraction of sp³-hybridized carbons (Fsp3) is 0.346. The van der Waals surface area contributed by atoms with Gasteiger partial charge >= 0.3 is 0 Å². The van der Waals surface area contributed by atoms with Crippen LogP contribution >= 0.6 is 11.8 Å². The normalized spacial score (nSPS) is 13.4. The molecule has 0 N–H and O–H groups in total. The maximum Gasteiger partial charge on any atom is 0.253 e. The van der Waals surface area contributed by atoms with E-state index in [4.69, 9.17) is 9.97 Å². The van der Waals surface area contributed by atoms with Gasteiger partial charge < -0.3 is 9.80 Å². The third-order valence-corrected chi connectivity index (χ3v) is 6.57. The molecule has 1 aromatic heterocycles. The van der Waals surface area contributed by atoms with Crippen LogP contribution in [-0.4, -0.2) is 47.5 Å². The van der Waals surface area contributed by atoms with Crippen molar-refractivity contribution in [3.05, 3.63) is 71.8 Å². The lowest BCUT2D eigenvalue weighted by Gasteiger charge is -2.19. The van der Waals surface area contributed by atoms with Crippen LogP contribution in [0.25, 0.3) is 11.3 Å². The molecule has 166 valence electrons. The van der Waals surface area contributed by atoms with Gasteiger partial charge in [-0.2, -0.15) is 0 Å². The van der Waals surface area contributed by atoms with Gasteiger partial charge in [-0.15, -0.1) is 0 Å². The Kier molecular flexibility index (Phi) is 7.43. The molecule has 0 saturated carbocycles. The average molecular weight is 447 g/mol. The minimum Gasteiger partial charge on any atom is -0.360 e. The first-order valence-electron chi connectivity index (χ1n) is 11.3. The molecule has 6 heteroatoms. The van der Waals surface area contributed by atoms with Crippen LogP contribution in [0.1, 0.15) is 42.1 Å². The van der Waals surface area contributed by atoms with Gasteiger partial charge in [0.25, 0.3) is 5.91 Å². The average Bonchev–Trinajstić information content (AvgIpc) is 3.38. The van der Waals surface area contributed by atoms with Gasteiger partial charge in [-0.3, -0.25) is 4.79 Å². The molecule has 4 rings (SSSR count). The van der Waals surface area contributed by atoms with Gasteiger partial charge in [-0.25, -0.2) is 9.97 Å². The van der Waals surface area contributed by atoms with Gasteiger partial charge in [-0.05, 0) is 37.0 Å². The predicted molar refractivity (Wildman–Crippen MR) is 132 cm³/mol. The molecule has 0 spiro atoms. The summed E-state index contributed by atoms with van der Waals surface area (Å²) < 4.78 is 0. The van der Waals surface area contributed by atoms with Crippen LogP contribution in [0.2, 0.25) is 0 Å². The summed E-state index contributed by atoms with van der Waals surface area (Å²) in [6.45, 7) is 4.84. The Balaban J connectivity index is 1.54. The third-order valence-electron chi connectivity index (χ3n) is 5.65. The molecular weight excluding hydrogens is 416 g/mol. The predicted octanol–water partition coefficient (Wildman–Crippen LogP) is 5.52. The monoisotopic (exact) mass is 446 g/mol. The second kappa shape index (κ2) is 10.6. The van der Waals surface area contributed by atoms with Crippen LogP contribution < -0.4 is 4.90 Å². The fourth-order valence-corrected chi connectivity index (χ4v) is 4.72. The van der Waals surface area contributed by atoms with Gasteiger partial charge in [0, 0.05) is 49.6 Å². The van der Waals surface area contributed by atoms with Crippen molar-refractivity contribution in [1.82, 2.24) is 14.9 Å². The second-order valence-electron chi connectivity index (χ2n) is 8.17. The highest BCUT2D eigenvalue weighted by Gasteiger charge is 2.19. The molecule has 32 heavy (non-hydrogen) atoms. The molecule has 2 aromatic carbocycles. The van der Waals surface area contributed by atoms with Gasteiger partial charge in [0.05, 0.1) is 5.69 Å². The molecule has 0 unspecified atom stereocenters. The third kappa shape index (κ3) is 5.49. The van der Waals surface area contributed by atoms with E-state index in [1.54, 1.807) is 11.8 Å². The Hall–Kier alpha value is -2.86. The van der Waals surface area contributed by atoms with E-state index in [2.05, 4.69) is 43.1 Å². The number of carbonyl (C=O) groups is 1. The molecule has 5 nitrogen and oxygen atoms in total. The van der Waals surface area contributed by atoms with E-state index in [0.717, 1.165) is 78.0 Å². The van der Waals surface area contributed by atoms with E-state index in [-0.39, 0.29) is 5.91 Å². The van der Waals surface area contributed by atoms with Crippen molar-refractivity contribution in [2.24, 2.45) is 0 Å². The van der Waals surface area contributed by atoms with Crippen LogP contribution in [0.3, 0.4) is 0 Å². The number of amides is 1.